The molecule has 0 amide bonds. The van der Waals surface area contributed by atoms with Gasteiger partial charge in [0.2, 0.25) is 0 Å². The molecule has 0 unspecified atom stereocenters. The Labute approximate surface area is 103 Å². The van der Waals surface area contributed by atoms with Crippen molar-refractivity contribution in [2.45, 2.75) is 31.9 Å². The van der Waals surface area contributed by atoms with Crippen LogP contribution in [-0.4, -0.2) is 17.2 Å². The summed E-state index contributed by atoms with van der Waals surface area (Å²) in [6.07, 6.45) is -6.40. The largest absolute Gasteiger partial charge is 0.507 e. The molecule has 1 N–H and O–H groups in total. The molecule has 0 aliphatic carbocycles. The average Bonchev–Trinajstić information content (AvgIpc) is 2.23. The summed E-state index contributed by atoms with van der Waals surface area (Å²) in [5.74, 6) is -12.4. The van der Waals surface area contributed by atoms with E-state index in [-0.39, 0.29) is 5.56 Å². The number of phenols is 1. The third-order valence-corrected chi connectivity index (χ3v) is 2.72. The maximum absolute atomic E-state index is 13.4. The summed E-state index contributed by atoms with van der Waals surface area (Å²) in [6, 6.07) is 1.29. The van der Waals surface area contributed by atoms with Gasteiger partial charge in [0.25, 0.3) is 0 Å². The maximum atomic E-state index is 13.4. The van der Waals surface area contributed by atoms with E-state index in [1.807, 2.05) is 0 Å². The van der Waals surface area contributed by atoms with Gasteiger partial charge < -0.3 is 5.11 Å². The van der Waals surface area contributed by atoms with E-state index in [1.165, 1.54) is 6.92 Å². The Balaban J connectivity index is 3.48. The van der Waals surface area contributed by atoms with E-state index in [4.69, 9.17) is 0 Å². The molecule has 0 fully saturated rings. The Morgan fingerprint density at radius 2 is 1.37 bits per heavy atom. The summed E-state index contributed by atoms with van der Waals surface area (Å²) in [7, 11) is 0. The first-order chi connectivity index (χ1) is 8.34. The summed E-state index contributed by atoms with van der Waals surface area (Å²) in [4.78, 5) is 0. The molecule has 108 valence electrons. The van der Waals surface area contributed by atoms with Crippen LogP contribution >= 0.6 is 0 Å². The Hall–Kier alpha value is -1.47. The van der Waals surface area contributed by atoms with E-state index in [9.17, 15) is 35.8 Å². The van der Waals surface area contributed by atoms with Crippen molar-refractivity contribution in [2.24, 2.45) is 0 Å². The molecule has 0 bridgehead atoms. The lowest BCUT2D eigenvalue weighted by atomic mass is 9.95. The number of phenolic OH excluding ortho intramolecular Hbond substituents is 1. The van der Waals surface area contributed by atoms with Gasteiger partial charge in [-0.25, -0.2) is 0 Å². The van der Waals surface area contributed by atoms with Crippen molar-refractivity contribution in [2.75, 3.05) is 0 Å². The first-order valence-corrected chi connectivity index (χ1v) is 4.96. The van der Waals surface area contributed by atoms with Crippen molar-refractivity contribution >= 4 is 0 Å². The molecule has 1 rings (SSSR count). The van der Waals surface area contributed by atoms with Gasteiger partial charge in [0.1, 0.15) is 5.75 Å². The predicted octanol–water partition coefficient (Wildman–Crippen LogP) is 4.30. The van der Waals surface area contributed by atoms with E-state index < -0.39 is 34.9 Å². The molecule has 0 saturated carbocycles. The monoisotopic (exact) mass is 290 g/mol. The molecule has 0 saturated heterocycles. The number of hydrogen-bond donors (Lipinski definition) is 1. The molecular weight excluding hydrogens is 281 g/mol. The number of hydrogen-bond acceptors (Lipinski definition) is 1. The first-order valence-electron chi connectivity index (χ1n) is 4.96. The molecule has 0 aliphatic heterocycles. The standard InChI is InChI=1S/C11H9F7O/c1-5-3-4-7(6(2)8(5)19)9(12,13)10(14,15)11(16,17)18/h3-4,19H,1-2H3. The minimum absolute atomic E-state index is 0.0902. The number of halogens is 7. The van der Waals surface area contributed by atoms with Crippen molar-refractivity contribution in [3.05, 3.63) is 28.8 Å². The van der Waals surface area contributed by atoms with Crippen LogP contribution in [0.25, 0.3) is 0 Å². The summed E-state index contributed by atoms with van der Waals surface area (Å²) in [5.41, 5.74) is -2.18. The third kappa shape index (κ3) is 2.23. The van der Waals surface area contributed by atoms with Gasteiger partial charge in [-0.15, -0.1) is 0 Å². The molecule has 1 nitrogen and oxygen atoms in total. The lowest BCUT2D eigenvalue weighted by Crippen LogP contribution is -2.50. The Morgan fingerprint density at radius 3 is 1.79 bits per heavy atom. The second-order valence-corrected chi connectivity index (χ2v) is 4.05. The molecule has 0 atom stereocenters. The summed E-state index contributed by atoms with van der Waals surface area (Å²) >= 11 is 0. The van der Waals surface area contributed by atoms with Gasteiger partial charge in [-0.2, -0.15) is 30.7 Å². The van der Waals surface area contributed by atoms with Crippen LogP contribution in [0.5, 0.6) is 5.75 Å². The van der Waals surface area contributed by atoms with E-state index >= 15 is 0 Å². The van der Waals surface area contributed by atoms with Crippen LogP contribution in [-0.2, 0) is 5.92 Å². The van der Waals surface area contributed by atoms with E-state index in [2.05, 4.69) is 0 Å². The molecule has 8 heteroatoms. The Kier molecular flexibility index (Phi) is 3.51. The van der Waals surface area contributed by atoms with E-state index in [1.54, 1.807) is 0 Å². The minimum Gasteiger partial charge on any atom is -0.507 e. The zero-order chi connectivity index (χ0) is 15.2. The van der Waals surface area contributed by atoms with Gasteiger partial charge in [0.05, 0.1) is 0 Å². The molecule has 0 aromatic heterocycles. The number of aromatic hydroxyl groups is 1. The molecule has 1 aromatic rings. The van der Waals surface area contributed by atoms with Gasteiger partial charge in [-0.3, -0.25) is 0 Å². The van der Waals surface area contributed by atoms with Crippen LogP contribution in [0.2, 0.25) is 0 Å². The van der Waals surface area contributed by atoms with E-state index in [0.717, 1.165) is 13.0 Å². The van der Waals surface area contributed by atoms with Gasteiger partial charge in [0, 0.05) is 11.1 Å². The molecule has 0 spiro atoms. The molecule has 0 radical (unpaired) electrons. The van der Waals surface area contributed by atoms with Gasteiger partial charge in [-0.05, 0) is 19.4 Å². The SMILES string of the molecule is Cc1ccc(C(F)(F)C(F)(F)C(F)(F)F)c(C)c1O. The number of alkyl halides is 7. The van der Waals surface area contributed by atoms with Crippen LogP contribution in [0.3, 0.4) is 0 Å². The van der Waals surface area contributed by atoms with Crippen LogP contribution in [0.15, 0.2) is 12.1 Å². The van der Waals surface area contributed by atoms with Crippen molar-refractivity contribution in [3.8, 4) is 5.75 Å². The summed E-state index contributed by atoms with van der Waals surface area (Å²) < 4.78 is 88.6. The fourth-order valence-corrected chi connectivity index (χ4v) is 1.52. The van der Waals surface area contributed by atoms with Crippen molar-refractivity contribution in [1.82, 2.24) is 0 Å². The quantitative estimate of drug-likeness (QED) is 0.805. The summed E-state index contributed by atoms with van der Waals surface area (Å²) in [5, 5.41) is 9.36. The highest BCUT2D eigenvalue weighted by atomic mass is 19.4. The molecule has 0 heterocycles. The molecule has 19 heavy (non-hydrogen) atoms. The second kappa shape index (κ2) is 4.28. The predicted molar refractivity (Wildman–Crippen MR) is 52.5 cm³/mol. The third-order valence-electron chi connectivity index (χ3n) is 2.72. The second-order valence-electron chi connectivity index (χ2n) is 4.05. The van der Waals surface area contributed by atoms with Crippen LogP contribution in [0.1, 0.15) is 16.7 Å². The lowest BCUT2D eigenvalue weighted by molar-refractivity contribution is -0.359. The Bertz CT molecular complexity index is 491. The number of aryl methyl sites for hydroxylation is 1. The Morgan fingerprint density at radius 1 is 0.895 bits per heavy atom. The highest BCUT2D eigenvalue weighted by molar-refractivity contribution is 5.46. The fourth-order valence-electron chi connectivity index (χ4n) is 1.52. The maximum Gasteiger partial charge on any atom is 0.460 e. The van der Waals surface area contributed by atoms with Gasteiger partial charge in [-0.1, -0.05) is 12.1 Å². The van der Waals surface area contributed by atoms with Crippen molar-refractivity contribution in [1.29, 1.82) is 0 Å². The van der Waals surface area contributed by atoms with E-state index in [0.29, 0.717) is 6.07 Å². The average molecular weight is 290 g/mol. The highest BCUT2D eigenvalue weighted by Gasteiger charge is 2.73. The van der Waals surface area contributed by atoms with Crippen LogP contribution < -0.4 is 0 Å². The zero-order valence-electron chi connectivity index (χ0n) is 9.75. The zero-order valence-corrected chi connectivity index (χ0v) is 9.75. The smallest absolute Gasteiger partial charge is 0.460 e. The summed E-state index contributed by atoms with van der Waals surface area (Å²) in [6.45, 7) is 2.14. The van der Waals surface area contributed by atoms with Gasteiger partial charge >= 0.3 is 18.0 Å². The lowest BCUT2D eigenvalue weighted by Gasteiger charge is -2.29. The minimum atomic E-state index is -6.40. The topological polar surface area (TPSA) is 20.2 Å². The molecular formula is C11H9F7O. The van der Waals surface area contributed by atoms with Crippen molar-refractivity contribution < 1.29 is 35.8 Å². The molecule has 0 aliphatic rings. The van der Waals surface area contributed by atoms with Gasteiger partial charge in [0.15, 0.2) is 0 Å². The normalized spacial score (nSPS) is 13.7. The molecule has 1 aromatic carbocycles. The van der Waals surface area contributed by atoms with Crippen molar-refractivity contribution in [3.63, 3.8) is 0 Å². The first kappa shape index (κ1) is 15.6. The number of benzene rings is 1. The fraction of sp³-hybridized carbons (Fsp3) is 0.455. The highest BCUT2D eigenvalue weighted by Crippen LogP contribution is 2.53. The van der Waals surface area contributed by atoms with Crippen LogP contribution in [0.4, 0.5) is 30.7 Å². The van der Waals surface area contributed by atoms with Crippen LogP contribution in [0, 0.1) is 13.8 Å². The number of rotatable bonds is 2.